The lowest BCUT2D eigenvalue weighted by atomic mass is 10.2. The maximum Gasteiger partial charge on any atom is 0.303 e. The molecule has 0 fully saturated rings. The number of hydrogen-bond acceptors (Lipinski definition) is 7. The number of carbonyl (C=O) groups excluding carboxylic acids is 4. The summed E-state index contributed by atoms with van der Waals surface area (Å²) in [5.74, 6) is -3.29. The summed E-state index contributed by atoms with van der Waals surface area (Å²) < 4.78 is 13.5. The number of amides is 4. The summed E-state index contributed by atoms with van der Waals surface area (Å²) in [4.78, 5) is 56.0. The van der Waals surface area contributed by atoms with Crippen LogP contribution in [0.3, 0.4) is 0 Å². The Morgan fingerprint density at radius 3 is 2.03 bits per heavy atom. The average Bonchev–Trinajstić information content (AvgIpc) is 2.74. The van der Waals surface area contributed by atoms with Crippen molar-refractivity contribution in [3.8, 4) is 0 Å². The number of hydrogen-bond donors (Lipinski definition) is 5. The first-order chi connectivity index (χ1) is 15.0. The lowest BCUT2D eigenvalue weighted by Crippen LogP contribution is -2.34. The van der Waals surface area contributed by atoms with Gasteiger partial charge in [0.15, 0.2) is 0 Å². The summed E-state index contributed by atoms with van der Waals surface area (Å²) in [6, 6.07) is 0. The molecule has 1 unspecified atom stereocenters. The molecule has 0 aliphatic carbocycles. The van der Waals surface area contributed by atoms with Gasteiger partial charge in [0.25, 0.3) is 0 Å². The van der Waals surface area contributed by atoms with Crippen LogP contribution in [0.5, 0.6) is 0 Å². The molecule has 12 nitrogen and oxygen atoms in total. The van der Waals surface area contributed by atoms with Gasteiger partial charge in [-0.25, -0.2) is 14.5 Å². The number of carboxylic acid groups (broad SMARTS) is 1. The fraction of sp³-hybridized carbons (Fsp3) is 0.737. The number of alkyl halides is 1. The van der Waals surface area contributed by atoms with Gasteiger partial charge in [0.2, 0.25) is 23.6 Å². The minimum atomic E-state index is -1.41. The molecule has 0 bridgehead atoms. The van der Waals surface area contributed by atoms with Gasteiger partial charge in [-0.2, -0.15) is 0 Å². The third-order valence-corrected chi connectivity index (χ3v) is 4.29. The zero-order valence-electron chi connectivity index (χ0n) is 18.2. The molecular weight excluding hydrogens is 431 g/mol. The molecule has 184 valence electrons. The summed E-state index contributed by atoms with van der Waals surface area (Å²) in [5, 5.41) is 33.3. The average molecular weight is 464 g/mol. The summed E-state index contributed by atoms with van der Waals surface area (Å²) in [6.07, 6.45) is -0.987. The van der Waals surface area contributed by atoms with E-state index in [1.54, 1.807) is 0 Å². The number of halogens is 1. The molecule has 4 amide bonds. The SMILES string of the molecule is CC(=O)NCC(F)CCN(O)C(=O)CCC(=O)NCCCCCN(O)C(=O)CCC(=O)O. The number of nitrogens with one attached hydrogen (secondary N) is 2. The van der Waals surface area contributed by atoms with Gasteiger partial charge in [0.1, 0.15) is 6.17 Å². The molecule has 0 aromatic heterocycles. The van der Waals surface area contributed by atoms with Crippen LogP contribution in [0.1, 0.15) is 58.3 Å². The molecule has 0 aromatic carbocycles. The normalized spacial score (nSPS) is 11.4. The second-order valence-corrected chi connectivity index (χ2v) is 7.16. The molecule has 1 atom stereocenters. The summed E-state index contributed by atoms with van der Waals surface area (Å²) in [6.45, 7) is 1.15. The van der Waals surface area contributed by atoms with E-state index in [0.29, 0.717) is 35.9 Å². The highest BCUT2D eigenvalue weighted by molar-refractivity contribution is 5.83. The van der Waals surface area contributed by atoms with Crippen molar-refractivity contribution in [3.05, 3.63) is 0 Å². The molecule has 0 saturated carbocycles. The predicted molar refractivity (Wildman–Crippen MR) is 108 cm³/mol. The van der Waals surface area contributed by atoms with Crippen LogP contribution in [0, 0.1) is 0 Å². The van der Waals surface area contributed by atoms with Gasteiger partial charge in [-0.3, -0.25) is 34.4 Å². The Balaban J connectivity index is 3.81. The van der Waals surface area contributed by atoms with Crippen molar-refractivity contribution in [3.63, 3.8) is 0 Å². The number of hydroxylamine groups is 4. The van der Waals surface area contributed by atoms with E-state index in [9.17, 15) is 38.8 Å². The largest absolute Gasteiger partial charge is 0.481 e. The van der Waals surface area contributed by atoms with Crippen LogP contribution in [-0.2, 0) is 24.0 Å². The van der Waals surface area contributed by atoms with Crippen LogP contribution in [-0.4, -0.2) is 87.6 Å². The Bertz CT molecular complexity index is 634. The van der Waals surface area contributed by atoms with E-state index >= 15 is 0 Å². The third kappa shape index (κ3) is 16.0. The van der Waals surface area contributed by atoms with Crippen LogP contribution in [0.2, 0.25) is 0 Å². The van der Waals surface area contributed by atoms with Crippen molar-refractivity contribution in [1.29, 1.82) is 0 Å². The van der Waals surface area contributed by atoms with E-state index in [1.165, 1.54) is 6.92 Å². The highest BCUT2D eigenvalue weighted by Crippen LogP contribution is 2.03. The van der Waals surface area contributed by atoms with Crippen LogP contribution in [0.4, 0.5) is 4.39 Å². The molecule has 0 saturated heterocycles. The molecule has 0 aliphatic rings. The van der Waals surface area contributed by atoms with E-state index in [2.05, 4.69) is 10.6 Å². The van der Waals surface area contributed by atoms with Crippen molar-refractivity contribution in [2.24, 2.45) is 0 Å². The molecule has 5 N–H and O–H groups in total. The fourth-order valence-corrected chi connectivity index (χ4v) is 2.44. The number of aliphatic carboxylic acids is 1. The van der Waals surface area contributed by atoms with Gasteiger partial charge in [0.05, 0.1) is 13.0 Å². The van der Waals surface area contributed by atoms with Crippen LogP contribution in [0.15, 0.2) is 0 Å². The second kappa shape index (κ2) is 16.8. The first kappa shape index (κ1) is 29.2. The molecule has 0 rings (SSSR count). The number of rotatable bonds is 17. The maximum atomic E-state index is 13.5. The van der Waals surface area contributed by atoms with Gasteiger partial charge in [-0.15, -0.1) is 0 Å². The van der Waals surface area contributed by atoms with E-state index in [4.69, 9.17) is 5.11 Å². The van der Waals surface area contributed by atoms with Crippen LogP contribution >= 0.6 is 0 Å². The Morgan fingerprint density at radius 2 is 1.44 bits per heavy atom. The van der Waals surface area contributed by atoms with E-state index in [0.717, 1.165) is 0 Å². The van der Waals surface area contributed by atoms with Gasteiger partial charge in [0, 0.05) is 52.2 Å². The third-order valence-electron chi connectivity index (χ3n) is 4.29. The number of carbonyl (C=O) groups is 5. The van der Waals surface area contributed by atoms with Gasteiger partial charge >= 0.3 is 5.97 Å². The predicted octanol–water partition coefficient (Wildman–Crippen LogP) is 0.218. The van der Waals surface area contributed by atoms with Crippen molar-refractivity contribution < 1.29 is 43.9 Å². The summed E-state index contributed by atoms with van der Waals surface area (Å²) in [5.41, 5.74) is 0. The molecule has 0 spiro atoms. The molecule has 0 aliphatic heterocycles. The number of unbranched alkanes of at least 4 members (excludes halogenated alkanes) is 2. The van der Waals surface area contributed by atoms with Crippen LogP contribution < -0.4 is 10.6 Å². The zero-order valence-corrected chi connectivity index (χ0v) is 18.2. The summed E-state index contributed by atoms with van der Waals surface area (Å²) >= 11 is 0. The van der Waals surface area contributed by atoms with E-state index in [1.807, 2.05) is 0 Å². The Labute approximate surface area is 185 Å². The fourth-order valence-electron chi connectivity index (χ4n) is 2.44. The minimum Gasteiger partial charge on any atom is -0.481 e. The first-order valence-corrected chi connectivity index (χ1v) is 10.4. The number of nitrogens with zero attached hydrogens (tertiary/aromatic N) is 2. The zero-order chi connectivity index (χ0) is 24.5. The van der Waals surface area contributed by atoms with E-state index in [-0.39, 0.29) is 57.6 Å². The van der Waals surface area contributed by atoms with Crippen molar-refractivity contribution in [2.75, 3.05) is 26.2 Å². The minimum absolute atomic E-state index is 0.0534. The molecule has 32 heavy (non-hydrogen) atoms. The van der Waals surface area contributed by atoms with Gasteiger partial charge < -0.3 is 15.7 Å². The van der Waals surface area contributed by atoms with Crippen LogP contribution in [0.25, 0.3) is 0 Å². The lowest BCUT2D eigenvalue weighted by Gasteiger charge is -2.16. The number of carboxylic acids is 1. The smallest absolute Gasteiger partial charge is 0.303 e. The molecule has 0 radical (unpaired) electrons. The Kier molecular flexibility index (Phi) is 15.4. The summed E-state index contributed by atoms with van der Waals surface area (Å²) in [7, 11) is 0. The Morgan fingerprint density at radius 1 is 0.844 bits per heavy atom. The van der Waals surface area contributed by atoms with Gasteiger partial charge in [-0.1, -0.05) is 0 Å². The second-order valence-electron chi connectivity index (χ2n) is 7.16. The lowest BCUT2D eigenvalue weighted by molar-refractivity contribution is -0.167. The molecule has 0 heterocycles. The monoisotopic (exact) mass is 464 g/mol. The first-order valence-electron chi connectivity index (χ1n) is 10.4. The highest BCUT2D eigenvalue weighted by Gasteiger charge is 2.16. The molecular formula is C19H33FN4O8. The van der Waals surface area contributed by atoms with Crippen molar-refractivity contribution in [1.82, 2.24) is 20.8 Å². The highest BCUT2D eigenvalue weighted by atomic mass is 19.1. The van der Waals surface area contributed by atoms with Gasteiger partial charge in [-0.05, 0) is 19.3 Å². The molecule has 13 heteroatoms. The van der Waals surface area contributed by atoms with E-state index < -0.39 is 29.9 Å². The Hall–Kier alpha value is -2.80. The molecule has 0 aromatic rings. The van der Waals surface area contributed by atoms with Crippen molar-refractivity contribution >= 4 is 29.6 Å². The topological polar surface area (TPSA) is 177 Å². The quantitative estimate of drug-likeness (QED) is 0.115. The standard InChI is InChI=1S/C19H33FN4O8/c1-14(25)22-13-15(20)9-12-24(32)17(27)6-5-16(26)21-10-3-2-4-11-23(31)18(28)7-8-19(29)30/h15,31-32H,2-13H2,1H3,(H,21,26)(H,22,25)(H,29,30). The maximum absolute atomic E-state index is 13.5. The van der Waals surface area contributed by atoms with Crippen molar-refractivity contribution in [2.45, 2.75) is 64.5 Å².